The monoisotopic (exact) mass is 809 g/mol. The molecule has 0 spiro atoms. The van der Waals surface area contributed by atoms with E-state index in [0.717, 1.165) is 108 Å². The number of carbonyl (C=O) groups excluding carboxylic acids is 3. The Morgan fingerprint density at radius 1 is 0.950 bits per heavy atom. The van der Waals surface area contributed by atoms with Crippen molar-refractivity contribution >= 4 is 51.2 Å². The summed E-state index contributed by atoms with van der Waals surface area (Å²) in [7, 11) is 0. The van der Waals surface area contributed by atoms with E-state index in [-0.39, 0.29) is 29.3 Å². The summed E-state index contributed by atoms with van der Waals surface area (Å²) in [6.07, 6.45) is 2.89. The average Bonchev–Trinajstić information content (AvgIpc) is 3.87. The molecular formula is C45H51N11O4. The number of fused-ring (bicyclic) bond motifs is 3. The molecule has 4 amide bonds. The summed E-state index contributed by atoms with van der Waals surface area (Å²) in [6, 6.07) is 20.9. The standard InChI is InChI=1S/C45H51N11O4/c1-27-22-30(7-13-34(27)28(2)48-41(58)42-51-43(52-60-42)45(3,4)5)39-38-35-12-6-29(23-36(35)49-40(38)47-26-46-39)14-16-53-18-20-54(21-19-53)33-24-55(25-33)31-8-10-32(11-9-31)56-17-15-37(57)50-44(56)59/h6-13,22-23,26,28,33H,14-21,24-25H2,1-5H3,(H,48,58)(H,46,47,49)(H,50,57,59)/t28-/m1/s1. The molecule has 1 atom stereocenters. The number of hydrogen-bond donors (Lipinski definition) is 3. The van der Waals surface area contributed by atoms with E-state index in [9.17, 15) is 14.4 Å². The maximum absolute atomic E-state index is 13.0. The molecule has 60 heavy (non-hydrogen) atoms. The molecule has 0 aliphatic carbocycles. The zero-order valence-corrected chi connectivity index (χ0v) is 34.8. The molecule has 0 saturated carbocycles. The van der Waals surface area contributed by atoms with Crippen LogP contribution in [0.5, 0.6) is 0 Å². The van der Waals surface area contributed by atoms with Crippen molar-refractivity contribution in [1.82, 2.24) is 45.5 Å². The number of nitrogens with zero attached hydrogens (tertiary/aromatic N) is 8. The van der Waals surface area contributed by atoms with Crippen LogP contribution in [0.25, 0.3) is 33.2 Å². The van der Waals surface area contributed by atoms with Gasteiger partial charge >= 0.3 is 17.8 Å². The summed E-state index contributed by atoms with van der Waals surface area (Å²) < 4.78 is 5.25. The molecule has 3 N–H and O–H groups in total. The Labute approximate surface area is 348 Å². The second-order valence-corrected chi connectivity index (χ2v) is 17.3. The van der Waals surface area contributed by atoms with Crippen LogP contribution in [0.4, 0.5) is 16.2 Å². The molecule has 9 rings (SSSR count). The Morgan fingerprint density at radius 3 is 2.43 bits per heavy atom. The van der Waals surface area contributed by atoms with Crippen LogP contribution in [-0.2, 0) is 16.6 Å². The number of hydrogen-bond acceptors (Lipinski definition) is 11. The second-order valence-electron chi connectivity index (χ2n) is 17.3. The molecule has 310 valence electrons. The minimum atomic E-state index is -0.404. The van der Waals surface area contributed by atoms with E-state index < -0.39 is 5.91 Å². The van der Waals surface area contributed by atoms with Crippen LogP contribution < -0.4 is 20.4 Å². The van der Waals surface area contributed by atoms with E-state index in [0.29, 0.717) is 24.8 Å². The van der Waals surface area contributed by atoms with Crippen molar-refractivity contribution in [2.45, 2.75) is 65.0 Å². The SMILES string of the molecule is Cc1cc(-c2ncnc3[nH]c4cc(CCN5CCN(C6CN(c7ccc(N8CCC(=O)NC8=O)cc7)C6)CC5)ccc4c23)ccc1[C@@H](C)NC(=O)c1nc(C(C)(C)C)no1. The Bertz CT molecular complexity index is 2580. The van der Waals surface area contributed by atoms with Gasteiger partial charge in [-0.2, -0.15) is 4.98 Å². The lowest BCUT2D eigenvalue weighted by atomic mass is 9.96. The van der Waals surface area contributed by atoms with Crippen LogP contribution in [0.1, 0.15) is 73.4 Å². The molecule has 3 fully saturated rings. The van der Waals surface area contributed by atoms with Crippen molar-refractivity contribution in [2.24, 2.45) is 0 Å². The number of rotatable bonds is 10. The summed E-state index contributed by atoms with van der Waals surface area (Å²) in [5.74, 6) is -0.179. The van der Waals surface area contributed by atoms with Crippen LogP contribution in [0.3, 0.4) is 0 Å². The molecule has 3 saturated heterocycles. The number of nitrogens with one attached hydrogen (secondary N) is 3. The molecule has 15 heteroatoms. The minimum Gasteiger partial charge on any atom is -0.368 e. The highest BCUT2D eigenvalue weighted by Crippen LogP contribution is 2.34. The Hall–Kier alpha value is -6.19. The number of aromatic amines is 1. The Morgan fingerprint density at radius 2 is 1.72 bits per heavy atom. The second kappa shape index (κ2) is 15.8. The first-order valence-corrected chi connectivity index (χ1v) is 20.8. The topological polar surface area (TPSA) is 169 Å². The van der Waals surface area contributed by atoms with Crippen molar-refractivity contribution in [3.8, 4) is 11.3 Å². The van der Waals surface area contributed by atoms with Gasteiger partial charge in [-0.15, -0.1) is 0 Å². The van der Waals surface area contributed by atoms with Crippen molar-refractivity contribution < 1.29 is 18.9 Å². The third kappa shape index (κ3) is 7.82. The third-order valence-corrected chi connectivity index (χ3v) is 12.2. The largest absolute Gasteiger partial charge is 0.368 e. The molecule has 15 nitrogen and oxygen atoms in total. The number of imide groups is 1. The summed E-state index contributed by atoms with van der Waals surface area (Å²) in [5.41, 5.74) is 8.64. The lowest BCUT2D eigenvalue weighted by Gasteiger charge is -2.49. The van der Waals surface area contributed by atoms with Crippen LogP contribution in [-0.4, -0.2) is 111 Å². The van der Waals surface area contributed by atoms with Gasteiger partial charge < -0.3 is 24.6 Å². The number of anilines is 2. The first-order valence-electron chi connectivity index (χ1n) is 20.8. The maximum Gasteiger partial charge on any atom is 0.328 e. The number of carbonyl (C=O) groups is 3. The molecule has 0 unspecified atom stereocenters. The first-order chi connectivity index (χ1) is 28.9. The molecule has 3 aromatic heterocycles. The smallest absolute Gasteiger partial charge is 0.328 e. The Balaban J connectivity index is 0.783. The van der Waals surface area contributed by atoms with Crippen molar-refractivity contribution in [3.05, 3.63) is 95.4 Å². The predicted octanol–water partition coefficient (Wildman–Crippen LogP) is 5.75. The fourth-order valence-corrected chi connectivity index (χ4v) is 8.61. The molecule has 0 bridgehead atoms. The molecule has 6 heterocycles. The Kier molecular flexibility index (Phi) is 10.3. The van der Waals surface area contributed by atoms with Gasteiger partial charge in [0.15, 0.2) is 5.82 Å². The van der Waals surface area contributed by atoms with E-state index in [4.69, 9.17) is 9.51 Å². The fourth-order valence-electron chi connectivity index (χ4n) is 8.61. The zero-order chi connectivity index (χ0) is 41.7. The molecular weight excluding hydrogens is 759 g/mol. The lowest BCUT2D eigenvalue weighted by molar-refractivity contribution is -0.120. The molecule has 3 aliphatic heterocycles. The van der Waals surface area contributed by atoms with Gasteiger partial charge in [0.2, 0.25) is 5.91 Å². The van der Waals surface area contributed by atoms with Crippen LogP contribution in [0.15, 0.2) is 71.5 Å². The van der Waals surface area contributed by atoms with Crippen LogP contribution >= 0.6 is 0 Å². The highest BCUT2D eigenvalue weighted by atomic mass is 16.5. The van der Waals surface area contributed by atoms with Crippen LogP contribution in [0.2, 0.25) is 0 Å². The fraction of sp³-hybridized carbons (Fsp3) is 0.400. The van der Waals surface area contributed by atoms with Gasteiger partial charge in [-0.1, -0.05) is 50.2 Å². The number of benzene rings is 3. The van der Waals surface area contributed by atoms with Crippen molar-refractivity contribution in [3.63, 3.8) is 0 Å². The number of aryl methyl sites for hydroxylation is 1. The zero-order valence-electron chi connectivity index (χ0n) is 34.8. The van der Waals surface area contributed by atoms with E-state index in [1.807, 2.05) is 52.8 Å². The van der Waals surface area contributed by atoms with Gasteiger partial charge in [0.1, 0.15) is 12.0 Å². The van der Waals surface area contributed by atoms with Gasteiger partial charge in [-0.25, -0.2) is 14.8 Å². The number of piperazine rings is 1. The van der Waals surface area contributed by atoms with E-state index in [2.05, 4.69) is 87.9 Å². The number of urea groups is 1. The summed E-state index contributed by atoms with van der Waals surface area (Å²) in [6.45, 7) is 17.6. The van der Waals surface area contributed by atoms with Crippen molar-refractivity contribution in [1.29, 1.82) is 0 Å². The van der Waals surface area contributed by atoms with Crippen molar-refractivity contribution in [2.75, 3.05) is 62.2 Å². The summed E-state index contributed by atoms with van der Waals surface area (Å²) in [5, 5.41) is 11.5. The molecule has 6 aromatic rings. The van der Waals surface area contributed by atoms with E-state index in [1.54, 1.807) is 11.2 Å². The highest BCUT2D eigenvalue weighted by molar-refractivity contribution is 6.12. The lowest BCUT2D eigenvalue weighted by Crippen LogP contribution is -2.63. The summed E-state index contributed by atoms with van der Waals surface area (Å²) >= 11 is 0. The summed E-state index contributed by atoms with van der Waals surface area (Å²) in [4.78, 5) is 63.1. The van der Waals surface area contributed by atoms with Gasteiger partial charge in [0, 0.05) is 98.1 Å². The molecule has 0 radical (unpaired) electrons. The maximum atomic E-state index is 13.0. The number of H-pyrrole nitrogens is 1. The first kappa shape index (κ1) is 39.3. The van der Waals surface area contributed by atoms with Gasteiger partial charge in [-0.3, -0.25) is 24.7 Å². The number of aromatic nitrogens is 5. The predicted molar refractivity (Wildman–Crippen MR) is 230 cm³/mol. The van der Waals surface area contributed by atoms with Gasteiger partial charge in [0.05, 0.1) is 17.1 Å². The normalized spacial score (nSPS) is 17.6. The quantitative estimate of drug-likeness (QED) is 0.154. The van der Waals surface area contributed by atoms with Gasteiger partial charge in [0.25, 0.3) is 0 Å². The average molecular weight is 810 g/mol. The van der Waals surface area contributed by atoms with E-state index >= 15 is 0 Å². The number of amides is 4. The molecule has 3 aliphatic rings. The third-order valence-electron chi connectivity index (χ3n) is 12.2. The van der Waals surface area contributed by atoms with E-state index in [1.165, 1.54) is 5.56 Å². The van der Waals surface area contributed by atoms with Gasteiger partial charge in [-0.05, 0) is 73.4 Å². The highest BCUT2D eigenvalue weighted by Gasteiger charge is 2.34. The van der Waals surface area contributed by atoms with Crippen LogP contribution in [0, 0.1) is 6.92 Å². The molecule has 3 aromatic carbocycles. The minimum absolute atomic E-state index is 0.0438.